The maximum Gasteiger partial charge on any atom is 0.241 e. The van der Waals surface area contributed by atoms with Gasteiger partial charge in [-0.3, -0.25) is 14.5 Å². The number of thiocarbonyl (C=S) groups is 1. The second-order valence-electron chi connectivity index (χ2n) is 7.83. The molecule has 0 saturated carbocycles. The molecule has 0 aromatic heterocycles. The van der Waals surface area contributed by atoms with E-state index in [9.17, 15) is 9.59 Å². The van der Waals surface area contributed by atoms with E-state index in [1.807, 2.05) is 29.2 Å². The largest absolute Gasteiger partial charge is 0.454 e. The Morgan fingerprint density at radius 2 is 1.84 bits per heavy atom. The number of carbonyl (C=O) groups is 2. The van der Waals surface area contributed by atoms with Crippen LogP contribution in [0.25, 0.3) is 0 Å². The third-order valence-corrected chi connectivity index (χ3v) is 6.51. The molecule has 3 aliphatic heterocycles. The maximum absolute atomic E-state index is 13.0. The highest BCUT2D eigenvalue weighted by Crippen LogP contribution is 2.31. The number of amides is 2. The second kappa shape index (κ2) is 8.55. The molecule has 1 atom stereocenters. The van der Waals surface area contributed by atoms with Gasteiger partial charge in [-0.2, -0.15) is 0 Å². The van der Waals surface area contributed by atoms with Gasteiger partial charge in [-0.1, -0.05) is 11.6 Å². The van der Waals surface area contributed by atoms with Crippen molar-refractivity contribution < 1.29 is 19.1 Å². The lowest BCUT2D eigenvalue weighted by molar-refractivity contribution is -0.133. The molecule has 1 aliphatic carbocycles. The van der Waals surface area contributed by atoms with Crippen molar-refractivity contribution >= 4 is 52.1 Å². The Bertz CT molecular complexity index is 1060. The number of hydrogen-bond acceptors (Lipinski definition) is 6. The van der Waals surface area contributed by atoms with Crippen LogP contribution in [0, 0.1) is 5.92 Å². The van der Waals surface area contributed by atoms with Gasteiger partial charge < -0.3 is 19.3 Å². The van der Waals surface area contributed by atoms with Gasteiger partial charge in [-0.15, -0.1) is 0 Å². The number of benzene rings is 1. The van der Waals surface area contributed by atoms with Crippen LogP contribution in [-0.4, -0.2) is 72.0 Å². The van der Waals surface area contributed by atoms with E-state index in [2.05, 4.69) is 9.89 Å². The van der Waals surface area contributed by atoms with Crippen LogP contribution in [-0.2, 0) is 19.1 Å². The average Bonchev–Trinajstić information content (AvgIpc) is 3.26. The zero-order valence-electron chi connectivity index (χ0n) is 17.2. The number of aliphatic imine (C=N–C) groups is 1. The van der Waals surface area contributed by atoms with E-state index in [-0.39, 0.29) is 36.7 Å². The quantitative estimate of drug-likeness (QED) is 0.626. The Labute approximate surface area is 195 Å². The second-order valence-corrected chi connectivity index (χ2v) is 8.63. The smallest absolute Gasteiger partial charge is 0.241 e. The predicted octanol–water partition coefficient (Wildman–Crippen LogP) is 2.35. The van der Waals surface area contributed by atoms with Gasteiger partial charge in [0.25, 0.3) is 0 Å². The van der Waals surface area contributed by atoms with E-state index in [0.29, 0.717) is 35.3 Å². The molecule has 3 heterocycles. The summed E-state index contributed by atoms with van der Waals surface area (Å²) in [6.07, 6.45) is 3.59. The molecule has 2 saturated heterocycles. The minimum absolute atomic E-state index is 0.00263. The van der Waals surface area contributed by atoms with E-state index in [4.69, 9.17) is 33.3 Å². The number of carbonyl (C=O) groups excluding carboxylic acids is 2. The Kier molecular flexibility index (Phi) is 5.60. The molecular formula is C22H21ClN4O4S. The lowest BCUT2D eigenvalue weighted by Gasteiger charge is -2.36. The first-order chi connectivity index (χ1) is 15.5. The Morgan fingerprint density at radius 3 is 2.59 bits per heavy atom. The fourth-order valence-corrected chi connectivity index (χ4v) is 4.59. The van der Waals surface area contributed by atoms with Crippen molar-refractivity contribution in [3.05, 3.63) is 53.0 Å². The highest BCUT2D eigenvalue weighted by molar-refractivity contribution is 7.80. The van der Waals surface area contributed by atoms with Crippen molar-refractivity contribution in [1.29, 1.82) is 0 Å². The van der Waals surface area contributed by atoms with Crippen LogP contribution in [0.4, 0.5) is 5.69 Å². The number of halogens is 1. The number of hydrogen-bond donors (Lipinski definition) is 0. The zero-order valence-corrected chi connectivity index (χ0v) is 18.8. The van der Waals surface area contributed by atoms with E-state index in [1.165, 1.54) is 4.90 Å². The molecule has 1 unspecified atom stereocenters. The fraction of sp³-hybridized carbons (Fsp3) is 0.364. The minimum atomic E-state index is -0.569. The molecule has 1 aromatic carbocycles. The molecule has 10 heteroatoms. The molecule has 0 N–H and O–H groups in total. The highest BCUT2D eigenvalue weighted by atomic mass is 35.5. The number of allylic oxidation sites excluding steroid dienone is 1. The van der Waals surface area contributed by atoms with Crippen molar-refractivity contribution in [2.75, 3.05) is 44.4 Å². The molecule has 2 amide bonds. The van der Waals surface area contributed by atoms with Crippen LogP contribution in [0.1, 0.15) is 6.42 Å². The number of piperazine rings is 1. The van der Waals surface area contributed by atoms with Crippen LogP contribution in [0.3, 0.4) is 0 Å². The van der Waals surface area contributed by atoms with Gasteiger partial charge in [0.05, 0.1) is 5.71 Å². The maximum atomic E-state index is 13.0. The van der Waals surface area contributed by atoms with Crippen molar-refractivity contribution in [2.45, 2.75) is 6.42 Å². The summed E-state index contributed by atoms with van der Waals surface area (Å²) in [4.78, 5) is 35.7. The number of rotatable bonds is 4. The Morgan fingerprint density at radius 1 is 1.12 bits per heavy atom. The van der Waals surface area contributed by atoms with E-state index in [0.717, 1.165) is 18.8 Å². The standard InChI is InChI=1S/C22H21ClN4O4S/c23-14-1-3-15(4-2-14)25-7-9-26(10-8-25)20(28)5-6-27-21(29)16-11-18-19(31-13-30-18)12-17(16)24-22(27)32/h1-4,11-12,16H,5-10,13H2. The Balaban J connectivity index is 1.17. The summed E-state index contributed by atoms with van der Waals surface area (Å²) < 4.78 is 10.7. The third-order valence-electron chi connectivity index (χ3n) is 5.95. The van der Waals surface area contributed by atoms with Crippen molar-refractivity contribution in [3.8, 4) is 0 Å². The first-order valence-electron chi connectivity index (χ1n) is 10.4. The summed E-state index contributed by atoms with van der Waals surface area (Å²) in [5.74, 6) is 0.350. The van der Waals surface area contributed by atoms with E-state index in [1.54, 1.807) is 12.2 Å². The van der Waals surface area contributed by atoms with Gasteiger partial charge in [-0.05, 0) is 42.6 Å². The third kappa shape index (κ3) is 3.98. The predicted molar refractivity (Wildman–Crippen MR) is 123 cm³/mol. The van der Waals surface area contributed by atoms with Crippen LogP contribution in [0.5, 0.6) is 0 Å². The van der Waals surface area contributed by atoms with Crippen molar-refractivity contribution in [2.24, 2.45) is 10.9 Å². The molecule has 0 spiro atoms. The number of anilines is 1. The van der Waals surface area contributed by atoms with Crippen molar-refractivity contribution in [1.82, 2.24) is 9.80 Å². The summed E-state index contributed by atoms with van der Waals surface area (Å²) in [7, 11) is 0. The monoisotopic (exact) mass is 472 g/mol. The summed E-state index contributed by atoms with van der Waals surface area (Å²) >= 11 is 11.3. The number of ether oxygens (including phenoxy) is 2. The first-order valence-corrected chi connectivity index (χ1v) is 11.2. The van der Waals surface area contributed by atoms with Crippen LogP contribution >= 0.6 is 23.8 Å². The van der Waals surface area contributed by atoms with Crippen LogP contribution < -0.4 is 4.90 Å². The first kappa shape index (κ1) is 21.0. The van der Waals surface area contributed by atoms with Gasteiger partial charge in [0.2, 0.25) is 23.7 Å². The van der Waals surface area contributed by atoms with E-state index < -0.39 is 5.92 Å². The molecule has 166 valence electrons. The summed E-state index contributed by atoms with van der Waals surface area (Å²) in [6, 6.07) is 7.70. The average molecular weight is 473 g/mol. The highest BCUT2D eigenvalue weighted by Gasteiger charge is 2.38. The zero-order chi connectivity index (χ0) is 22.2. The molecule has 8 nitrogen and oxygen atoms in total. The van der Waals surface area contributed by atoms with Gasteiger partial charge >= 0.3 is 0 Å². The van der Waals surface area contributed by atoms with E-state index >= 15 is 0 Å². The molecule has 1 aromatic rings. The molecule has 0 bridgehead atoms. The number of nitrogens with zero attached hydrogens (tertiary/aromatic N) is 4. The SMILES string of the molecule is O=C(CCN1C(=O)C2C=C3OCOC3=CC2=NC1=S)N1CCN(c2ccc(Cl)cc2)CC1. The minimum Gasteiger partial charge on any atom is -0.454 e. The van der Waals surface area contributed by atoms with Gasteiger partial charge in [0, 0.05) is 55.9 Å². The van der Waals surface area contributed by atoms with Gasteiger partial charge in [0.1, 0.15) is 5.92 Å². The summed E-state index contributed by atoms with van der Waals surface area (Å²) in [5.41, 5.74) is 1.64. The molecule has 4 aliphatic rings. The van der Waals surface area contributed by atoms with Crippen LogP contribution in [0.15, 0.2) is 52.9 Å². The fourth-order valence-electron chi connectivity index (χ4n) is 4.17. The summed E-state index contributed by atoms with van der Waals surface area (Å²) in [6.45, 7) is 3.07. The van der Waals surface area contributed by atoms with Gasteiger partial charge in [0.15, 0.2) is 11.5 Å². The molecule has 5 rings (SSSR count). The van der Waals surface area contributed by atoms with Gasteiger partial charge in [-0.25, -0.2) is 4.99 Å². The molecule has 32 heavy (non-hydrogen) atoms. The number of fused-ring (bicyclic) bond motifs is 2. The normalized spacial score (nSPS) is 22.3. The summed E-state index contributed by atoms with van der Waals surface area (Å²) in [5, 5.41) is 0.878. The topological polar surface area (TPSA) is 74.7 Å². The Hall–Kier alpha value is -2.91. The molecular weight excluding hydrogens is 452 g/mol. The lowest BCUT2D eigenvalue weighted by Crippen LogP contribution is -2.50. The lowest BCUT2D eigenvalue weighted by atomic mass is 9.94. The van der Waals surface area contributed by atoms with Crippen molar-refractivity contribution in [3.63, 3.8) is 0 Å². The molecule has 2 fully saturated rings. The van der Waals surface area contributed by atoms with Crippen LogP contribution in [0.2, 0.25) is 5.02 Å². The molecule has 0 radical (unpaired) electrons.